The maximum atomic E-state index is 10.6. The summed E-state index contributed by atoms with van der Waals surface area (Å²) in [6.07, 6.45) is 4.49. The van der Waals surface area contributed by atoms with E-state index in [0.29, 0.717) is 139 Å². The van der Waals surface area contributed by atoms with E-state index in [4.69, 9.17) is 68.4 Å². The van der Waals surface area contributed by atoms with Crippen LogP contribution in [0.5, 0.6) is 0 Å². The lowest BCUT2D eigenvalue weighted by atomic mass is 10.2. The van der Waals surface area contributed by atoms with E-state index in [-0.39, 0.29) is 12.6 Å². The maximum Gasteiger partial charge on any atom is 0.302 e. The van der Waals surface area contributed by atoms with E-state index in [2.05, 4.69) is 0 Å². The molecule has 0 bridgehead atoms. The van der Waals surface area contributed by atoms with Crippen molar-refractivity contribution in [1.29, 1.82) is 0 Å². The molecule has 0 aliphatic rings. The van der Waals surface area contributed by atoms with Crippen molar-refractivity contribution in [3.8, 4) is 0 Å². The molecule has 14 heteroatoms. The quantitative estimate of drug-likeness (QED) is 0.0544. The van der Waals surface area contributed by atoms with E-state index < -0.39 is 0 Å². The highest BCUT2D eigenvalue weighted by Crippen LogP contribution is 2.01. The van der Waals surface area contributed by atoms with Gasteiger partial charge in [-0.2, -0.15) is 0 Å². The summed E-state index contributed by atoms with van der Waals surface area (Å²) in [5.74, 6) is 0.431. The fourth-order valence-corrected chi connectivity index (χ4v) is 3.39. The molecule has 0 radical (unpaired) electrons. The Morgan fingerprint density at radius 3 is 0.818 bits per heavy atom. The van der Waals surface area contributed by atoms with Gasteiger partial charge in [0.15, 0.2) is 0 Å². The summed E-state index contributed by atoms with van der Waals surface area (Å²) in [6.45, 7) is 13.0. The van der Waals surface area contributed by atoms with Crippen molar-refractivity contribution in [3.05, 3.63) is 0 Å². The first kappa shape index (κ1) is 43.3. The van der Waals surface area contributed by atoms with E-state index in [1.807, 2.05) is 0 Å². The molecule has 0 aromatic rings. The predicted molar refractivity (Wildman–Crippen MR) is 165 cm³/mol. The first-order valence-corrected chi connectivity index (χ1v) is 16.3. The van der Waals surface area contributed by atoms with Gasteiger partial charge in [-0.1, -0.05) is 12.8 Å². The molecule has 0 atom stereocenters. The Morgan fingerprint density at radius 1 is 0.341 bits per heavy atom. The number of hydrogen-bond donors (Lipinski definition) is 0. The lowest BCUT2D eigenvalue weighted by Crippen LogP contribution is -2.15. The highest BCUT2D eigenvalue weighted by Gasteiger charge is 1.97. The predicted octanol–water partition coefficient (Wildman–Crippen LogP) is 2.53. The molecular formula is C30H59ClO13. The van der Waals surface area contributed by atoms with Crippen LogP contribution in [-0.4, -0.2) is 164 Å². The number of halogens is 1. The molecule has 13 nitrogen and oxygen atoms in total. The molecule has 0 aromatic heterocycles. The molecule has 264 valence electrons. The average molecular weight is 663 g/mol. The van der Waals surface area contributed by atoms with Gasteiger partial charge >= 0.3 is 5.97 Å². The average Bonchev–Trinajstić information content (AvgIpc) is 3.02. The Kier molecular flexibility index (Phi) is 39.7. The van der Waals surface area contributed by atoms with Crippen molar-refractivity contribution in [2.75, 3.05) is 158 Å². The second kappa shape index (κ2) is 40.3. The molecule has 0 aliphatic carbocycles. The number of hydrogen-bond acceptors (Lipinski definition) is 13. The first-order valence-electron chi connectivity index (χ1n) is 15.8. The summed E-state index contributed by atoms with van der Waals surface area (Å²) in [6, 6.07) is 0. The molecule has 0 amide bonds. The largest absolute Gasteiger partial charge is 0.463 e. The zero-order valence-corrected chi connectivity index (χ0v) is 27.7. The van der Waals surface area contributed by atoms with Gasteiger partial charge in [0.2, 0.25) is 0 Å². The molecule has 0 saturated heterocycles. The zero-order valence-electron chi connectivity index (χ0n) is 27.0. The van der Waals surface area contributed by atoms with E-state index in [1.54, 1.807) is 0 Å². The van der Waals surface area contributed by atoms with Crippen LogP contribution in [0.4, 0.5) is 0 Å². The van der Waals surface area contributed by atoms with Crippen LogP contribution in [0.3, 0.4) is 0 Å². The van der Waals surface area contributed by atoms with E-state index in [1.165, 1.54) is 19.8 Å². The Hall–Kier alpha value is -0.680. The minimum atomic E-state index is -0.311. The molecule has 0 spiro atoms. The summed E-state index contributed by atoms with van der Waals surface area (Å²) in [5.41, 5.74) is 0. The van der Waals surface area contributed by atoms with E-state index >= 15 is 0 Å². The van der Waals surface area contributed by atoms with Crippen LogP contribution in [-0.2, 0) is 61.6 Å². The number of esters is 1. The number of unbranched alkanes of at least 4 members (excludes halogenated alkanes) is 3. The molecule has 44 heavy (non-hydrogen) atoms. The number of alkyl halides is 1. The monoisotopic (exact) mass is 662 g/mol. The van der Waals surface area contributed by atoms with Gasteiger partial charge in [0.1, 0.15) is 6.61 Å². The minimum absolute atomic E-state index is 0.259. The van der Waals surface area contributed by atoms with Gasteiger partial charge in [-0.3, -0.25) is 4.79 Å². The van der Waals surface area contributed by atoms with E-state index in [0.717, 1.165) is 25.3 Å². The van der Waals surface area contributed by atoms with Crippen molar-refractivity contribution in [3.63, 3.8) is 0 Å². The number of ether oxygens (including phenoxy) is 12. The second-order valence-corrected chi connectivity index (χ2v) is 9.56. The fourth-order valence-electron chi connectivity index (χ4n) is 3.20. The number of carbonyl (C=O) groups is 1. The summed E-state index contributed by atoms with van der Waals surface area (Å²) in [4.78, 5) is 10.6. The van der Waals surface area contributed by atoms with Gasteiger partial charge in [0.05, 0.1) is 139 Å². The summed E-state index contributed by atoms with van der Waals surface area (Å²) < 4.78 is 64.6. The van der Waals surface area contributed by atoms with Crippen molar-refractivity contribution >= 4 is 17.6 Å². The van der Waals surface area contributed by atoms with Crippen molar-refractivity contribution in [2.45, 2.75) is 32.6 Å². The molecule has 0 aliphatic heterocycles. The highest BCUT2D eigenvalue weighted by atomic mass is 35.5. The van der Waals surface area contributed by atoms with Gasteiger partial charge < -0.3 is 56.8 Å². The van der Waals surface area contributed by atoms with Crippen LogP contribution in [0.15, 0.2) is 0 Å². The normalized spacial score (nSPS) is 11.4. The van der Waals surface area contributed by atoms with Crippen LogP contribution < -0.4 is 0 Å². The molecule has 0 aromatic carbocycles. The van der Waals surface area contributed by atoms with Gasteiger partial charge in [0.25, 0.3) is 0 Å². The summed E-state index contributed by atoms with van der Waals surface area (Å²) >= 11 is 5.65. The van der Waals surface area contributed by atoms with Crippen LogP contribution in [0.1, 0.15) is 32.6 Å². The lowest BCUT2D eigenvalue weighted by Gasteiger charge is -2.09. The molecule has 0 saturated carbocycles. The third-order valence-corrected chi connectivity index (χ3v) is 5.69. The third kappa shape index (κ3) is 41.3. The maximum absolute atomic E-state index is 10.6. The van der Waals surface area contributed by atoms with Gasteiger partial charge in [-0.15, -0.1) is 11.6 Å². The molecule has 0 N–H and O–H groups in total. The SMILES string of the molecule is CC(=O)OCCOCCOCCOCCOCCOCCOCCOCCOCCOCCOCCOCCCCCCCl. The zero-order chi connectivity index (χ0) is 31.9. The Bertz CT molecular complexity index is 549. The topological polar surface area (TPSA) is 128 Å². The molecular weight excluding hydrogens is 604 g/mol. The van der Waals surface area contributed by atoms with Crippen molar-refractivity contribution < 1.29 is 61.6 Å². The third-order valence-electron chi connectivity index (χ3n) is 5.43. The molecule has 0 heterocycles. The Morgan fingerprint density at radius 2 is 0.568 bits per heavy atom. The molecule has 0 unspecified atom stereocenters. The molecule has 0 fully saturated rings. The van der Waals surface area contributed by atoms with Gasteiger partial charge in [-0.05, 0) is 12.8 Å². The lowest BCUT2D eigenvalue weighted by molar-refractivity contribution is -0.142. The minimum Gasteiger partial charge on any atom is -0.463 e. The highest BCUT2D eigenvalue weighted by molar-refractivity contribution is 6.17. The summed E-state index contributed by atoms with van der Waals surface area (Å²) in [5, 5.41) is 0. The standard InChI is InChI=1S/C30H59ClO13/c1-30(32)44-29-28-43-27-26-42-25-24-41-23-22-40-21-20-39-19-18-38-17-16-37-15-14-36-13-12-35-11-10-34-9-8-33-7-5-3-2-4-6-31/h2-29H2,1H3. The van der Waals surface area contributed by atoms with E-state index in [9.17, 15) is 4.79 Å². The van der Waals surface area contributed by atoms with Crippen LogP contribution >= 0.6 is 11.6 Å². The Labute approximate surface area is 269 Å². The summed E-state index contributed by atoms with van der Waals surface area (Å²) in [7, 11) is 0. The molecule has 0 rings (SSSR count). The van der Waals surface area contributed by atoms with Gasteiger partial charge in [-0.25, -0.2) is 0 Å². The van der Waals surface area contributed by atoms with Gasteiger partial charge in [0, 0.05) is 19.4 Å². The van der Waals surface area contributed by atoms with Crippen molar-refractivity contribution in [1.82, 2.24) is 0 Å². The van der Waals surface area contributed by atoms with Crippen LogP contribution in [0, 0.1) is 0 Å². The second-order valence-electron chi connectivity index (χ2n) is 9.18. The Balaban J connectivity index is 3.04. The number of rotatable bonds is 39. The van der Waals surface area contributed by atoms with Crippen LogP contribution in [0.2, 0.25) is 0 Å². The van der Waals surface area contributed by atoms with Crippen molar-refractivity contribution in [2.24, 2.45) is 0 Å². The smallest absolute Gasteiger partial charge is 0.302 e. The number of carbonyl (C=O) groups excluding carboxylic acids is 1. The fraction of sp³-hybridized carbons (Fsp3) is 0.967. The van der Waals surface area contributed by atoms with Crippen LogP contribution in [0.25, 0.3) is 0 Å². The first-order chi connectivity index (χ1) is 21.8.